The number of hydrogen-bond acceptors (Lipinski definition) is 5. The van der Waals surface area contributed by atoms with E-state index in [1.807, 2.05) is 0 Å². The SMILES string of the molecule is [2H]C([2H])([2H])N1CCOCCCCCCCCCCC(=O)N=C1N(O)C(=O)O. The monoisotopic (exact) mass is 346 g/mol. The zero-order valence-corrected chi connectivity index (χ0v) is 13.9. The summed E-state index contributed by atoms with van der Waals surface area (Å²) in [7, 11) is 0. The van der Waals surface area contributed by atoms with Crippen LogP contribution in [0.2, 0.25) is 0 Å². The van der Waals surface area contributed by atoms with Crippen molar-refractivity contribution < 1.29 is 28.8 Å². The lowest BCUT2D eigenvalue weighted by Crippen LogP contribution is -2.45. The Morgan fingerprint density at radius 1 is 1.17 bits per heavy atom. The maximum absolute atomic E-state index is 12.1. The van der Waals surface area contributed by atoms with E-state index < -0.39 is 24.9 Å². The standard InChI is InChI=1S/C16H29N3O5/c1-18-11-13-24-12-9-7-5-3-2-4-6-8-10-14(20)17-15(18)19(23)16(21)22/h23H,2-13H2,1H3,(H,21,22)/i1D3. The number of likely N-dealkylation sites (N-methyl/N-ethyl adjacent to an activating group) is 1. The molecule has 0 spiro atoms. The number of ether oxygens (including phenoxy) is 1. The van der Waals surface area contributed by atoms with Crippen molar-refractivity contribution in [2.24, 2.45) is 4.99 Å². The van der Waals surface area contributed by atoms with Crippen LogP contribution in [0.3, 0.4) is 0 Å². The largest absolute Gasteiger partial charge is 0.463 e. The molecule has 1 rings (SSSR count). The van der Waals surface area contributed by atoms with Crippen molar-refractivity contribution in [1.29, 1.82) is 0 Å². The van der Waals surface area contributed by atoms with Gasteiger partial charge in [0.15, 0.2) is 0 Å². The van der Waals surface area contributed by atoms with Crippen molar-refractivity contribution in [2.75, 3.05) is 26.7 Å². The lowest BCUT2D eigenvalue weighted by atomic mass is 10.1. The molecule has 0 fully saturated rings. The molecule has 1 aliphatic rings. The van der Waals surface area contributed by atoms with E-state index in [9.17, 15) is 14.8 Å². The van der Waals surface area contributed by atoms with Crippen LogP contribution < -0.4 is 0 Å². The molecule has 138 valence electrons. The normalized spacial score (nSPS) is 22.5. The summed E-state index contributed by atoms with van der Waals surface area (Å²) in [6, 6.07) is 0. The summed E-state index contributed by atoms with van der Waals surface area (Å²) in [5.74, 6) is -1.51. The Kier molecular flexibility index (Phi) is 7.79. The van der Waals surface area contributed by atoms with Crippen LogP contribution in [0.1, 0.15) is 61.9 Å². The van der Waals surface area contributed by atoms with E-state index in [4.69, 9.17) is 14.0 Å². The second-order valence-corrected chi connectivity index (χ2v) is 5.74. The van der Waals surface area contributed by atoms with E-state index in [1.165, 1.54) is 0 Å². The molecule has 1 heterocycles. The molecule has 0 aromatic heterocycles. The zero-order chi connectivity index (χ0) is 20.3. The maximum atomic E-state index is 12.1. The summed E-state index contributed by atoms with van der Waals surface area (Å²) in [6.07, 6.45) is 5.82. The van der Waals surface area contributed by atoms with Gasteiger partial charge in [-0.2, -0.15) is 4.99 Å². The number of carbonyl (C=O) groups excluding carboxylic acids is 1. The number of aliphatic imine (C=N–C) groups is 1. The Labute approximate surface area is 147 Å². The van der Waals surface area contributed by atoms with Crippen LogP contribution in [0.4, 0.5) is 4.79 Å². The van der Waals surface area contributed by atoms with Gasteiger partial charge in [-0.25, -0.2) is 4.79 Å². The van der Waals surface area contributed by atoms with Gasteiger partial charge >= 0.3 is 6.09 Å². The zero-order valence-electron chi connectivity index (χ0n) is 16.9. The minimum absolute atomic E-state index is 0.000933. The van der Waals surface area contributed by atoms with Gasteiger partial charge < -0.3 is 14.7 Å². The molecule has 0 atom stereocenters. The van der Waals surface area contributed by atoms with Gasteiger partial charge in [0.25, 0.3) is 0 Å². The summed E-state index contributed by atoms with van der Waals surface area (Å²) in [5, 5.41) is 18.4. The summed E-state index contributed by atoms with van der Waals surface area (Å²) in [4.78, 5) is 27.4. The van der Waals surface area contributed by atoms with Crippen molar-refractivity contribution in [3.63, 3.8) is 0 Å². The number of rotatable bonds is 0. The average Bonchev–Trinajstić information content (AvgIpc) is 2.58. The molecule has 0 aromatic rings. The molecule has 2 N–H and O–H groups in total. The number of hydroxylamine groups is 2. The molecular weight excluding hydrogens is 314 g/mol. The first-order valence-corrected chi connectivity index (χ1v) is 8.42. The number of carboxylic acid groups (broad SMARTS) is 1. The fourth-order valence-electron chi connectivity index (χ4n) is 2.37. The lowest BCUT2D eigenvalue weighted by Gasteiger charge is -2.24. The topological polar surface area (TPSA) is 103 Å². The third kappa shape index (κ3) is 8.26. The van der Waals surface area contributed by atoms with E-state index in [2.05, 4.69) is 4.99 Å². The van der Waals surface area contributed by atoms with Gasteiger partial charge in [-0.15, -0.1) is 5.06 Å². The molecule has 0 aliphatic carbocycles. The molecular formula is C16H29N3O5. The molecule has 24 heavy (non-hydrogen) atoms. The Bertz CT molecular complexity index is 514. The minimum Gasteiger partial charge on any atom is -0.463 e. The van der Waals surface area contributed by atoms with Crippen molar-refractivity contribution >= 4 is 18.0 Å². The molecule has 0 aromatic carbocycles. The van der Waals surface area contributed by atoms with E-state index in [0.717, 1.165) is 44.9 Å². The van der Waals surface area contributed by atoms with Crippen LogP contribution in [-0.2, 0) is 9.53 Å². The lowest BCUT2D eigenvalue weighted by molar-refractivity contribution is -0.118. The third-order valence-corrected chi connectivity index (χ3v) is 3.73. The van der Waals surface area contributed by atoms with Gasteiger partial charge in [-0.3, -0.25) is 10.0 Å². The number of guanidine groups is 1. The predicted octanol–water partition coefficient (Wildman–Crippen LogP) is 2.71. The van der Waals surface area contributed by atoms with Gasteiger partial charge in [-0.1, -0.05) is 38.5 Å². The highest BCUT2D eigenvalue weighted by Crippen LogP contribution is 2.11. The van der Waals surface area contributed by atoms with Crippen molar-refractivity contribution in [2.45, 2.75) is 57.8 Å². The van der Waals surface area contributed by atoms with Crippen LogP contribution in [0.25, 0.3) is 0 Å². The first-order chi connectivity index (χ1) is 12.7. The van der Waals surface area contributed by atoms with Crippen LogP contribution in [0.15, 0.2) is 4.99 Å². The first-order valence-electron chi connectivity index (χ1n) is 9.92. The minimum atomic E-state index is -2.80. The number of hydrogen-bond donors (Lipinski definition) is 2. The molecule has 0 saturated carbocycles. The van der Waals surface area contributed by atoms with Gasteiger partial charge in [0, 0.05) is 30.7 Å². The number of amides is 2. The average molecular weight is 346 g/mol. The van der Waals surface area contributed by atoms with Crippen molar-refractivity contribution in [3.05, 3.63) is 0 Å². The van der Waals surface area contributed by atoms with E-state index >= 15 is 0 Å². The second kappa shape index (κ2) is 11.8. The fraction of sp³-hybridized carbons (Fsp3) is 0.812. The van der Waals surface area contributed by atoms with Crippen LogP contribution in [0.5, 0.6) is 0 Å². The van der Waals surface area contributed by atoms with Crippen LogP contribution in [-0.4, -0.2) is 65.0 Å². The Morgan fingerprint density at radius 3 is 2.42 bits per heavy atom. The molecule has 0 unspecified atom stereocenters. The molecule has 0 saturated heterocycles. The van der Waals surface area contributed by atoms with Gasteiger partial charge in [0.1, 0.15) is 0 Å². The van der Waals surface area contributed by atoms with E-state index in [1.54, 1.807) is 0 Å². The highest BCUT2D eigenvalue weighted by Gasteiger charge is 2.21. The summed E-state index contributed by atoms with van der Waals surface area (Å²) >= 11 is 0. The molecule has 8 heteroatoms. The molecule has 1 aliphatic heterocycles. The Hall–Kier alpha value is -1.67. The summed E-state index contributed by atoms with van der Waals surface area (Å²) in [6.45, 7) is -2.59. The van der Waals surface area contributed by atoms with Crippen molar-refractivity contribution in [3.8, 4) is 0 Å². The fourth-order valence-corrected chi connectivity index (χ4v) is 2.37. The van der Waals surface area contributed by atoms with Gasteiger partial charge in [0.05, 0.1) is 6.61 Å². The smallest absolute Gasteiger partial charge is 0.438 e. The van der Waals surface area contributed by atoms with Gasteiger partial charge in [-0.05, 0) is 12.8 Å². The van der Waals surface area contributed by atoms with Crippen molar-refractivity contribution in [1.82, 2.24) is 9.96 Å². The third-order valence-electron chi connectivity index (χ3n) is 3.73. The van der Waals surface area contributed by atoms with E-state index in [-0.39, 0.29) is 24.6 Å². The van der Waals surface area contributed by atoms with E-state index in [0.29, 0.717) is 17.9 Å². The predicted molar refractivity (Wildman–Crippen MR) is 89.1 cm³/mol. The maximum Gasteiger partial charge on any atom is 0.438 e. The molecule has 0 bridgehead atoms. The Balaban J connectivity index is 3.00. The summed E-state index contributed by atoms with van der Waals surface area (Å²) in [5.41, 5.74) is 0. The Morgan fingerprint density at radius 2 is 1.79 bits per heavy atom. The molecule has 0 radical (unpaired) electrons. The number of carbonyl (C=O) groups is 2. The highest BCUT2D eigenvalue weighted by atomic mass is 16.6. The quantitative estimate of drug-likeness (QED) is 0.516. The van der Waals surface area contributed by atoms with Gasteiger partial charge in [0.2, 0.25) is 11.9 Å². The van der Waals surface area contributed by atoms with Crippen LogP contribution in [0, 0.1) is 0 Å². The first kappa shape index (κ1) is 15.8. The second-order valence-electron chi connectivity index (χ2n) is 5.74. The summed E-state index contributed by atoms with van der Waals surface area (Å²) < 4.78 is 28.2. The molecule has 8 nitrogen and oxygen atoms in total. The number of nitrogens with zero attached hydrogens (tertiary/aromatic N) is 3. The van der Waals surface area contributed by atoms with Crippen LogP contribution >= 0.6 is 0 Å². The molecule has 2 amide bonds. The highest BCUT2D eigenvalue weighted by molar-refractivity contribution is 5.98.